The van der Waals surface area contributed by atoms with E-state index in [1.165, 1.54) is 5.56 Å². The van der Waals surface area contributed by atoms with Crippen LogP contribution in [0.2, 0.25) is 10.0 Å². The monoisotopic (exact) mass is 658 g/mol. The first-order valence-electron chi connectivity index (χ1n) is 14.2. The van der Waals surface area contributed by atoms with Crippen molar-refractivity contribution in [2.24, 2.45) is 0 Å². The van der Waals surface area contributed by atoms with Gasteiger partial charge in [0.1, 0.15) is 6.61 Å². The van der Waals surface area contributed by atoms with E-state index >= 15 is 0 Å². The highest BCUT2D eigenvalue weighted by Gasteiger charge is 2.43. The van der Waals surface area contributed by atoms with Crippen molar-refractivity contribution >= 4 is 29.3 Å². The summed E-state index contributed by atoms with van der Waals surface area (Å²) in [5, 5.41) is 0.602. The maximum absolute atomic E-state index is 13.5. The number of amides is 1. The molecule has 2 heterocycles. The summed E-state index contributed by atoms with van der Waals surface area (Å²) in [5.41, 5.74) is -2.02. The molecule has 3 aromatic carbocycles. The van der Waals surface area contributed by atoms with Crippen LogP contribution in [0, 0.1) is 0 Å². The van der Waals surface area contributed by atoms with Gasteiger partial charge >= 0.3 is 18.4 Å². The molecule has 0 spiro atoms. The van der Waals surface area contributed by atoms with Crippen molar-refractivity contribution in [3.63, 3.8) is 0 Å². The van der Waals surface area contributed by atoms with E-state index in [1.807, 2.05) is 18.2 Å². The highest BCUT2D eigenvalue weighted by molar-refractivity contribution is 6.42. The summed E-state index contributed by atoms with van der Waals surface area (Å²) >= 11 is 12.5. The fourth-order valence-electron chi connectivity index (χ4n) is 6.10. The second-order valence-corrected chi connectivity index (χ2v) is 12.3. The number of piperidine rings is 1. The molecule has 2 aliphatic rings. The molecular formula is C32H30Cl2F6N2O2. The predicted octanol–water partition coefficient (Wildman–Crippen LogP) is 9.19. The molecular weight excluding hydrogens is 629 g/mol. The van der Waals surface area contributed by atoms with Crippen molar-refractivity contribution in [2.75, 3.05) is 32.8 Å². The number of carbonyl (C=O) groups excluding carboxylic acids is 1. The Morgan fingerprint density at radius 2 is 1.48 bits per heavy atom. The Balaban J connectivity index is 1.39. The van der Waals surface area contributed by atoms with Gasteiger partial charge in [0.05, 0.1) is 21.2 Å². The van der Waals surface area contributed by atoms with Gasteiger partial charge in [0.25, 0.3) is 0 Å². The molecule has 1 unspecified atom stereocenters. The van der Waals surface area contributed by atoms with Gasteiger partial charge in [0.15, 0.2) is 0 Å². The Labute approximate surface area is 261 Å². The Bertz CT molecular complexity index is 1440. The molecule has 3 aromatic rings. The number of cyclic esters (lactones) is 1. The highest BCUT2D eigenvalue weighted by Crippen LogP contribution is 2.40. The van der Waals surface area contributed by atoms with E-state index in [1.54, 1.807) is 18.2 Å². The van der Waals surface area contributed by atoms with Crippen LogP contribution < -0.4 is 0 Å². The van der Waals surface area contributed by atoms with Crippen molar-refractivity contribution in [1.29, 1.82) is 0 Å². The average molecular weight is 659 g/mol. The second-order valence-electron chi connectivity index (χ2n) is 11.5. The van der Waals surface area contributed by atoms with E-state index in [2.05, 4.69) is 17.0 Å². The zero-order chi connectivity index (χ0) is 31.7. The van der Waals surface area contributed by atoms with Crippen LogP contribution in [-0.2, 0) is 29.0 Å². The lowest BCUT2D eigenvalue weighted by atomic mass is 9.76. The molecule has 236 valence electrons. The zero-order valence-corrected chi connectivity index (χ0v) is 25.0. The lowest BCUT2D eigenvalue weighted by Crippen LogP contribution is -2.53. The summed E-state index contributed by atoms with van der Waals surface area (Å²) < 4.78 is 86.6. The minimum atomic E-state index is -5.00. The van der Waals surface area contributed by atoms with Crippen LogP contribution >= 0.6 is 23.2 Å². The summed E-state index contributed by atoms with van der Waals surface area (Å²) in [4.78, 5) is 16.4. The molecule has 0 N–H and O–H groups in total. The van der Waals surface area contributed by atoms with Gasteiger partial charge in [0, 0.05) is 18.5 Å². The third-order valence-corrected chi connectivity index (χ3v) is 9.28. The molecule has 1 atom stereocenters. The Hall–Kier alpha value is -2.95. The SMILES string of the molecule is O=C1OCC(CCN2CCC(c3ccccc3)CC2)(c2ccc(Cl)c(Cl)c2)CN1Cc1cc(C(F)(F)F)cc(C(F)(F)F)c1. The number of hydrogen-bond donors (Lipinski definition) is 0. The maximum Gasteiger partial charge on any atom is 0.416 e. The zero-order valence-electron chi connectivity index (χ0n) is 23.5. The molecule has 4 nitrogen and oxygen atoms in total. The van der Waals surface area contributed by atoms with Crippen molar-refractivity contribution in [2.45, 2.75) is 49.5 Å². The molecule has 0 bridgehead atoms. The van der Waals surface area contributed by atoms with Gasteiger partial charge < -0.3 is 14.5 Å². The van der Waals surface area contributed by atoms with Gasteiger partial charge in [-0.15, -0.1) is 0 Å². The molecule has 12 heteroatoms. The number of benzene rings is 3. The smallest absolute Gasteiger partial charge is 0.416 e. The van der Waals surface area contributed by atoms with Crippen molar-refractivity contribution in [1.82, 2.24) is 9.80 Å². The third-order valence-electron chi connectivity index (χ3n) is 8.54. The van der Waals surface area contributed by atoms with Gasteiger partial charge in [-0.3, -0.25) is 0 Å². The summed E-state index contributed by atoms with van der Waals surface area (Å²) in [7, 11) is 0. The van der Waals surface area contributed by atoms with E-state index < -0.39 is 41.5 Å². The molecule has 2 fully saturated rings. The van der Waals surface area contributed by atoms with Gasteiger partial charge in [0.2, 0.25) is 0 Å². The average Bonchev–Trinajstić information content (AvgIpc) is 2.99. The number of hydrogen-bond acceptors (Lipinski definition) is 3. The summed E-state index contributed by atoms with van der Waals surface area (Å²) in [5.74, 6) is 0.455. The minimum Gasteiger partial charge on any atom is -0.448 e. The van der Waals surface area contributed by atoms with Crippen LogP contribution in [0.1, 0.15) is 53.0 Å². The minimum absolute atomic E-state index is 0.00186. The number of likely N-dealkylation sites (tertiary alicyclic amines) is 1. The van der Waals surface area contributed by atoms with Crippen LogP contribution in [0.5, 0.6) is 0 Å². The van der Waals surface area contributed by atoms with Gasteiger partial charge in [-0.2, -0.15) is 26.3 Å². The molecule has 0 aromatic heterocycles. The molecule has 1 amide bonds. The number of ether oxygens (including phenoxy) is 1. The molecule has 2 saturated heterocycles. The quantitative estimate of drug-likeness (QED) is 0.237. The van der Waals surface area contributed by atoms with E-state index in [9.17, 15) is 31.1 Å². The van der Waals surface area contributed by atoms with Crippen LogP contribution in [0.15, 0.2) is 66.7 Å². The van der Waals surface area contributed by atoms with E-state index in [0.717, 1.165) is 30.8 Å². The number of nitrogens with zero attached hydrogens (tertiary/aromatic N) is 2. The van der Waals surface area contributed by atoms with Gasteiger partial charge in [-0.05, 0) is 91.8 Å². The van der Waals surface area contributed by atoms with E-state index in [4.69, 9.17) is 27.9 Å². The van der Waals surface area contributed by atoms with Crippen molar-refractivity contribution < 1.29 is 35.9 Å². The Morgan fingerprint density at radius 1 is 0.841 bits per heavy atom. The Morgan fingerprint density at radius 3 is 2.07 bits per heavy atom. The molecule has 0 aliphatic carbocycles. The summed E-state index contributed by atoms with van der Waals surface area (Å²) in [6.07, 6.45) is -8.38. The van der Waals surface area contributed by atoms with Crippen LogP contribution in [0.3, 0.4) is 0 Å². The molecule has 0 radical (unpaired) electrons. The van der Waals surface area contributed by atoms with Crippen molar-refractivity contribution in [3.8, 4) is 0 Å². The maximum atomic E-state index is 13.5. The Kier molecular flexibility index (Phi) is 9.44. The topological polar surface area (TPSA) is 32.8 Å². The largest absolute Gasteiger partial charge is 0.448 e. The molecule has 0 saturated carbocycles. The predicted molar refractivity (Wildman–Crippen MR) is 156 cm³/mol. The third kappa shape index (κ3) is 7.46. The number of carbonyl (C=O) groups is 1. The highest BCUT2D eigenvalue weighted by atomic mass is 35.5. The van der Waals surface area contributed by atoms with Crippen molar-refractivity contribution in [3.05, 3.63) is 105 Å². The molecule has 44 heavy (non-hydrogen) atoms. The first-order chi connectivity index (χ1) is 20.7. The first-order valence-corrected chi connectivity index (χ1v) is 14.9. The van der Waals surface area contributed by atoms with Gasteiger partial charge in [-0.1, -0.05) is 59.6 Å². The molecule has 5 rings (SSSR count). The van der Waals surface area contributed by atoms with Gasteiger partial charge in [-0.25, -0.2) is 4.79 Å². The number of alkyl halides is 6. The fourth-order valence-corrected chi connectivity index (χ4v) is 6.40. The normalized spacial score (nSPS) is 20.5. The lowest BCUT2D eigenvalue weighted by molar-refractivity contribution is -0.143. The summed E-state index contributed by atoms with van der Waals surface area (Å²) in [6, 6.07) is 16.7. The summed E-state index contributed by atoms with van der Waals surface area (Å²) in [6.45, 7) is 1.81. The van der Waals surface area contributed by atoms with E-state index in [-0.39, 0.29) is 29.8 Å². The van der Waals surface area contributed by atoms with Crippen LogP contribution in [0.4, 0.5) is 31.1 Å². The van der Waals surface area contributed by atoms with Crippen LogP contribution in [-0.4, -0.2) is 48.7 Å². The standard InChI is InChI=1S/C32H30Cl2F6N2O2/c33-27-7-6-24(17-28(27)34)30(10-13-41-11-8-23(9-12-41)22-4-2-1-3-5-22)19-42(29(43)44-20-30)18-21-14-25(31(35,36)37)16-26(15-21)32(38,39)40/h1-7,14-17,23H,8-13,18-20H2. The van der Waals surface area contributed by atoms with Crippen LogP contribution in [0.25, 0.3) is 0 Å². The number of rotatable bonds is 7. The lowest BCUT2D eigenvalue weighted by Gasteiger charge is -2.44. The fraction of sp³-hybridized carbons (Fsp3) is 0.406. The second kappa shape index (κ2) is 12.8. The van der Waals surface area contributed by atoms with E-state index in [0.29, 0.717) is 41.6 Å². The number of halogens is 8. The molecule has 2 aliphatic heterocycles. The first kappa shape index (κ1) is 32.4.